The topological polar surface area (TPSA) is 91.8 Å². The molecule has 2 aliphatic rings. The Morgan fingerprint density at radius 2 is 1.42 bits per heavy atom. The third-order valence-corrected chi connectivity index (χ3v) is 13.9. The highest BCUT2D eigenvalue weighted by molar-refractivity contribution is 5.02. The Bertz CT molecular complexity index is 828. The predicted molar refractivity (Wildman–Crippen MR) is 216 cm³/mol. The lowest BCUT2D eigenvalue weighted by atomic mass is 9.56. The normalized spacial score (nSPS) is 29.6. The molecule has 0 aromatic heterocycles. The minimum absolute atomic E-state index is 0.180. The van der Waals surface area contributed by atoms with Gasteiger partial charge < -0.3 is 31.0 Å². The first kappa shape index (κ1) is 45.9. The van der Waals surface area contributed by atoms with E-state index in [1.54, 1.807) is 0 Å². The van der Waals surface area contributed by atoms with Crippen LogP contribution in [-0.2, 0) is 14.2 Å². The first-order chi connectivity index (χ1) is 24.1. The van der Waals surface area contributed by atoms with Crippen molar-refractivity contribution in [3.63, 3.8) is 0 Å². The molecule has 2 saturated carbocycles. The van der Waals surface area contributed by atoms with Crippen LogP contribution >= 0.6 is 0 Å². The van der Waals surface area contributed by atoms with Crippen LogP contribution in [0.25, 0.3) is 0 Å². The van der Waals surface area contributed by atoms with Gasteiger partial charge in [0.05, 0.1) is 18.3 Å². The van der Waals surface area contributed by atoms with Crippen molar-refractivity contribution in [2.75, 3.05) is 46.0 Å². The zero-order valence-electron chi connectivity index (χ0n) is 34.9. The minimum atomic E-state index is 0.180. The van der Waals surface area contributed by atoms with Crippen molar-refractivity contribution in [1.82, 2.24) is 5.32 Å². The van der Waals surface area contributed by atoms with E-state index in [-0.39, 0.29) is 23.0 Å². The van der Waals surface area contributed by atoms with E-state index in [4.69, 9.17) is 25.7 Å². The number of rotatable bonds is 30. The van der Waals surface area contributed by atoms with Gasteiger partial charge in [-0.05, 0) is 157 Å². The van der Waals surface area contributed by atoms with Crippen LogP contribution in [0.15, 0.2) is 0 Å². The largest absolute Gasteiger partial charge is 0.378 e. The summed E-state index contributed by atoms with van der Waals surface area (Å²) >= 11 is 0. The molecule has 50 heavy (non-hydrogen) atoms. The Labute approximate surface area is 312 Å². The van der Waals surface area contributed by atoms with Gasteiger partial charge in [-0.2, -0.15) is 0 Å². The van der Waals surface area contributed by atoms with Crippen LogP contribution in [-0.4, -0.2) is 64.3 Å². The first-order valence-corrected chi connectivity index (χ1v) is 22.0. The molecule has 0 radical (unpaired) electrons. The number of ether oxygens (including phenoxy) is 3. The molecule has 298 valence electrons. The quantitative estimate of drug-likeness (QED) is 0.0644. The highest BCUT2D eigenvalue weighted by Gasteiger charge is 2.53. The number of nitrogens with two attached hydrogens (primary N) is 2. The maximum absolute atomic E-state index is 7.05. The van der Waals surface area contributed by atoms with Gasteiger partial charge in [-0.25, -0.2) is 0 Å². The SMILES string of the molecule is CCCCCCCCNCCC[C@@H](C)[C@H]1CC[C@@H](C)[C@]1(C)[C@H](C[C@@H](C)[C@@]1(C)CC[C@@H](OCCCN)CC1C[C@H](C)OCCCC)OCCCN. The smallest absolute Gasteiger partial charge is 0.0636 e. The van der Waals surface area contributed by atoms with Crippen LogP contribution in [0.5, 0.6) is 0 Å². The molecule has 0 bridgehead atoms. The molecule has 0 heterocycles. The molecule has 0 amide bonds. The van der Waals surface area contributed by atoms with E-state index in [1.165, 1.54) is 83.6 Å². The Morgan fingerprint density at radius 3 is 2.14 bits per heavy atom. The van der Waals surface area contributed by atoms with Gasteiger partial charge in [0.15, 0.2) is 0 Å². The summed E-state index contributed by atoms with van der Waals surface area (Å²) in [6.07, 6.45) is 24.3. The van der Waals surface area contributed by atoms with Crippen molar-refractivity contribution < 1.29 is 14.2 Å². The van der Waals surface area contributed by atoms with Crippen LogP contribution < -0.4 is 16.8 Å². The molecule has 10 atom stereocenters. The molecule has 2 aliphatic carbocycles. The summed E-state index contributed by atoms with van der Waals surface area (Å²) in [6, 6.07) is 0. The number of hydrogen-bond donors (Lipinski definition) is 3. The van der Waals surface area contributed by atoms with Gasteiger partial charge in [-0.1, -0.05) is 87.0 Å². The van der Waals surface area contributed by atoms with Crippen LogP contribution in [0.1, 0.15) is 177 Å². The molecule has 0 aromatic carbocycles. The molecule has 5 N–H and O–H groups in total. The summed E-state index contributed by atoms with van der Waals surface area (Å²) in [4.78, 5) is 0. The molecule has 0 saturated heterocycles. The zero-order chi connectivity index (χ0) is 36.8. The average molecular weight is 708 g/mol. The van der Waals surface area contributed by atoms with Crippen molar-refractivity contribution in [3.05, 3.63) is 0 Å². The number of hydrogen-bond acceptors (Lipinski definition) is 6. The Kier molecular flexibility index (Phi) is 23.6. The van der Waals surface area contributed by atoms with Crippen LogP contribution in [0.2, 0.25) is 0 Å². The van der Waals surface area contributed by atoms with E-state index in [0.717, 1.165) is 71.3 Å². The average Bonchev–Trinajstić information content (AvgIpc) is 3.40. The molecule has 1 unspecified atom stereocenters. The van der Waals surface area contributed by atoms with Crippen molar-refractivity contribution >= 4 is 0 Å². The minimum Gasteiger partial charge on any atom is -0.378 e. The fourth-order valence-electron chi connectivity index (χ4n) is 9.95. The second-order valence-corrected chi connectivity index (χ2v) is 17.6. The van der Waals surface area contributed by atoms with Gasteiger partial charge >= 0.3 is 0 Å². The monoisotopic (exact) mass is 708 g/mol. The van der Waals surface area contributed by atoms with E-state index in [1.807, 2.05) is 0 Å². The molecule has 6 nitrogen and oxygen atoms in total. The van der Waals surface area contributed by atoms with Crippen molar-refractivity contribution in [2.24, 2.45) is 51.9 Å². The van der Waals surface area contributed by atoms with Gasteiger partial charge in [0.1, 0.15) is 0 Å². The summed E-state index contributed by atoms with van der Waals surface area (Å²) < 4.78 is 19.8. The van der Waals surface area contributed by atoms with E-state index in [9.17, 15) is 0 Å². The summed E-state index contributed by atoms with van der Waals surface area (Å²) in [5.74, 6) is 3.20. The third kappa shape index (κ3) is 14.9. The second-order valence-electron chi connectivity index (χ2n) is 17.6. The summed E-state index contributed by atoms with van der Waals surface area (Å²) in [5, 5.41) is 3.76. The molecule has 2 fully saturated rings. The third-order valence-electron chi connectivity index (χ3n) is 13.9. The molecular formula is C44H89N3O3. The maximum atomic E-state index is 7.05. The second kappa shape index (κ2) is 25.7. The van der Waals surface area contributed by atoms with Gasteiger partial charge in [-0.15, -0.1) is 0 Å². The standard InChI is InChI=1S/C44H89N3O3/c1-9-11-13-14-15-16-27-47-28-17-20-35(3)41-22-21-36(4)44(41,8)42(50-31-19-26-46)32-37(5)43(7)24-23-40(49-30-18-25-45)34-39(43)33-38(6)48-29-12-10-2/h35-42,47H,9-34,45-46H2,1-8H3/t35-,36-,37-,38+,39?,40-,41-,42+,43-,44+/m1/s1. The van der Waals surface area contributed by atoms with Gasteiger partial charge in [0.2, 0.25) is 0 Å². The molecule has 0 spiro atoms. The summed E-state index contributed by atoms with van der Waals surface area (Å²) in [5.41, 5.74) is 12.2. The van der Waals surface area contributed by atoms with Crippen molar-refractivity contribution in [1.29, 1.82) is 0 Å². The van der Waals surface area contributed by atoms with Crippen molar-refractivity contribution in [3.8, 4) is 0 Å². The van der Waals surface area contributed by atoms with Crippen LogP contribution in [0.4, 0.5) is 0 Å². The van der Waals surface area contributed by atoms with E-state index >= 15 is 0 Å². The molecular weight excluding hydrogens is 619 g/mol. The van der Waals surface area contributed by atoms with E-state index < -0.39 is 0 Å². The zero-order valence-corrected chi connectivity index (χ0v) is 34.9. The Hall–Kier alpha value is -0.240. The maximum Gasteiger partial charge on any atom is 0.0636 e. The lowest BCUT2D eigenvalue weighted by Gasteiger charge is -2.52. The van der Waals surface area contributed by atoms with Gasteiger partial charge in [0.25, 0.3) is 0 Å². The molecule has 6 heteroatoms. The first-order valence-electron chi connectivity index (χ1n) is 22.0. The summed E-state index contributed by atoms with van der Waals surface area (Å²) in [6.45, 7) is 25.9. The molecule has 0 aliphatic heterocycles. The van der Waals surface area contributed by atoms with Crippen LogP contribution in [0.3, 0.4) is 0 Å². The highest BCUT2D eigenvalue weighted by atomic mass is 16.5. The van der Waals surface area contributed by atoms with Crippen molar-refractivity contribution in [2.45, 2.75) is 196 Å². The Balaban J connectivity index is 2.14. The number of unbranched alkanes of at least 4 members (excludes halogenated alkanes) is 6. The molecule has 0 aromatic rings. The lowest BCUT2D eigenvalue weighted by Crippen LogP contribution is -2.48. The van der Waals surface area contributed by atoms with Gasteiger partial charge in [-0.3, -0.25) is 0 Å². The van der Waals surface area contributed by atoms with E-state index in [2.05, 4.69) is 60.7 Å². The number of nitrogens with one attached hydrogen (secondary N) is 1. The Morgan fingerprint density at radius 1 is 0.760 bits per heavy atom. The lowest BCUT2D eigenvalue weighted by molar-refractivity contribution is -0.115. The highest BCUT2D eigenvalue weighted by Crippen LogP contribution is 2.58. The summed E-state index contributed by atoms with van der Waals surface area (Å²) in [7, 11) is 0. The molecule has 2 rings (SSSR count). The predicted octanol–water partition coefficient (Wildman–Crippen LogP) is 10.3. The van der Waals surface area contributed by atoms with Gasteiger partial charge in [0, 0.05) is 19.8 Å². The van der Waals surface area contributed by atoms with E-state index in [0.29, 0.717) is 48.8 Å². The fraction of sp³-hybridized carbons (Fsp3) is 1.00. The van der Waals surface area contributed by atoms with Crippen LogP contribution in [0, 0.1) is 40.4 Å². The fourth-order valence-corrected chi connectivity index (χ4v) is 9.95.